The van der Waals surface area contributed by atoms with E-state index in [0.717, 1.165) is 40.6 Å². The summed E-state index contributed by atoms with van der Waals surface area (Å²) in [4.78, 5) is 13.1. The normalized spacial score (nSPS) is 24.6. The lowest BCUT2D eigenvalue weighted by Crippen LogP contribution is -2.07. The first-order valence-electron chi connectivity index (χ1n) is 9.07. The molecule has 1 saturated carbocycles. The highest BCUT2D eigenvalue weighted by Gasteiger charge is 2.39. The van der Waals surface area contributed by atoms with Gasteiger partial charge >= 0.3 is 0 Å². The van der Waals surface area contributed by atoms with Crippen LogP contribution < -0.4 is 5.32 Å². The van der Waals surface area contributed by atoms with Gasteiger partial charge in [-0.1, -0.05) is 12.2 Å². The van der Waals surface area contributed by atoms with E-state index < -0.39 is 0 Å². The lowest BCUT2D eigenvalue weighted by atomic mass is 9.93. The second-order valence-corrected chi connectivity index (χ2v) is 7.45. The Morgan fingerprint density at radius 2 is 2.04 bits per heavy atom. The molecule has 3 heterocycles. The fraction of sp³-hybridized carbons (Fsp3) is 0.238. The van der Waals surface area contributed by atoms with Crippen LogP contribution in [0.5, 0.6) is 0 Å². The highest BCUT2D eigenvalue weighted by Crippen LogP contribution is 2.50. The molecule has 1 aromatic carbocycles. The van der Waals surface area contributed by atoms with Crippen molar-refractivity contribution in [1.29, 1.82) is 0 Å². The molecular weight excluding hydrogens is 327 g/mol. The minimum Gasteiger partial charge on any atom is -0.341 e. The smallest absolute Gasteiger partial charge is 0.139 e. The summed E-state index contributed by atoms with van der Waals surface area (Å²) in [6, 6.07) is 8.74. The summed E-state index contributed by atoms with van der Waals surface area (Å²) in [7, 11) is 0. The number of H-pyrrole nitrogens is 1. The molecule has 26 heavy (non-hydrogen) atoms. The number of aromatic amines is 1. The molecule has 3 atom stereocenters. The maximum Gasteiger partial charge on any atom is 0.139 e. The summed E-state index contributed by atoms with van der Waals surface area (Å²) in [5.74, 6) is 3.20. The molecule has 0 spiro atoms. The third kappa shape index (κ3) is 1.94. The number of anilines is 2. The minimum atomic E-state index is -0.272. The van der Waals surface area contributed by atoms with Crippen LogP contribution in [0.2, 0.25) is 0 Å². The highest BCUT2D eigenvalue weighted by atomic mass is 19.1. The van der Waals surface area contributed by atoms with Gasteiger partial charge in [-0.05, 0) is 55.0 Å². The van der Waals surface area contributed by atoms with Crippen LogP contribution in [0.15, 0.2) is 48.7 Å². The van der Waals surface area contributed by atoms with Crippen LogP contribution in [-0.4, -0.2) is 15.0 Å². The first-order valence-corrected chi connectivity index (χ1v) is 9.07. The molecule has 2 bridgehead atoms. The van der Waals surface area contributed by atoms with E-state index >= 15 is 0 Å². The Morgan fingerprint density at radius 1 is 1.08 bits per heavy atom. The first-order chi connectivity index (χ1) is 12.8. The number of aromatic nitrogens is 3. The molecule has 128 valence electrons. The zero-order valence-corrected chi connectivity index (χ0v) is 14.0. The number of hydrogen-bond donors (Lipinski definition) is 2. The van der Waals surface area contributed by atoms with Gasteiger partial charge in [-0.2, -0.15) is 0 Å². The van der Waals surface area contributed by atoms with Crippen molar-refractivity contribution >= 4 is 11.5 Å². The monoisotopic (exact) mass is 344 g/mol. The summed E-state index contributed by atoms with van der Waals surface area (Å²) in [5.41, 5.74) is 4.42. The molecular formula is C21H17FN4. The predicted octanol–water partition coefficient (Wildman–Crippen LogP) is 5.01. The minimum absolute atomic E-state index is 0.272. The van der Waals surface area contributed by atoms with Crippen molar-refractivity contribution in [2.75, 3.05) is 5.32 Å². The molecule has 2 aromatic heterocycles. The number of pyridine rings is 1. The van der Waals surface area contributed by atoms with Gasteiger partial charge in [-0.3, -0.25) is 0 Å². The molecule has 2 N–H and O–H groups in total. The third-order valence-electron chi connectivity index (χ3n) is 5.92. The number of benzene rings is 1. The van der Waals surface area contributed by atoms with Crippen molar-refractivity contribution in [3.05, 3.63) is 60.3 Å². The molecule has 6 rings (SSSR count). The van der Waals surface area contributed by atoms with Gasteiger partial charge in [0.15, 0.2) is 0 Å². The molecule has 0 saturated heterocycles. The van der Waals surface area contributed by atoms with E-state index in [2.05, 4.69) is 27.4 Å². The van der Waals surface area contributed by atoms with Crippen LogP contribution in [0.25, 0.3) is 22.5 Å². The summed E-state index contributed by atoms with van der Waals surface area (Å²) in [6.07, 6.45) is 8.82. The number of nitrogens with zero attached hydrogens (tertiary/aromatic N) is 2. The van der Waals surface area contributed by atoms with Gasteiger partial charge in [0.05, 0.1) is 17.1 Å². The standard InChI is InChI=1S/C21H17FN4/c22-13-5-6-14-17(10-13)24-20-15(2-1-7-23-20)19-18(14)25-21(26-19)16-9-11-3-4-12(16)8-11/h1-7,10-12,16H,8-9H2,(H,23,24)(H,25,26). The summed E-state index contributed by atoms with van der Waals surface area (Å²) >= 11 is 0. The zero-order chi connectivity index (χ0) is 17.3. The Balaban J connectivity index is 1.58. The quantitative estimate of drug-likeness (QED) is 0.477. The number of nitrogens with one attached hydrogen (secondary N) is 2. The molecule has 3 unspecified atom stereocenters. The fourth-order valence-electron chi connectivity index (χ4n) is 4.71. The molecule has 2 aliphatic carbocycles. The highest BCUT2D eigenvalue weighted by molar-refractivity contribution is 5.94. The van der Waals surface area contributed by atoms with E-state index in [9.17, 15) is 4.39 Å². The average molecular weight is 344 g/mol. The van der Waals surface area contributed by atoms with Crippen molar-refractivity contribution in [2.24, 2.45) is 11.8 Å². The molecule has 3 aliphatic rings. The molecule has 0 amide bonds. The van der Waals surface area contributed by atoms with Gasteiger partial charge in [0.25, 0.3) is 0 Å². The van der Waals surface area contributed by atoms with Gasteiger partial charge in [0.2, 0.25) is 0 Å². The molecule has 5 heteroatoms. The Labute approximate surface area is 150 Å². The number of halogens is 1. The van der Waals surface area contributed by atoms with Crippen LogP contribution in [0.1, 0.15) is 24.6 Å². The topological polar surface area (TPSA) is 53.6 Å². The number of fused-ring (bicyclic) bond motifs is 7. The van der Waals surface area contributed by atoms with E-state index in [-0.39, 0.29) is 5.82 Å². The molecule has 1 aliphatic heterocycles. The zero-order valence-electron chi connectivity index (χ0n) is 14.0. The summed E-state index contributed by atoms with van der Waals surface area (Å²) in [5, 5.41) is 3.27. The van der Waals surface area contributed by atoms with E-state index in [1.165, 1.54) is 18.6 Å². The number of allylic oxidation sites excluding steroid dienone is 2. The Morgan fingerprint density at radius 3 is 2.88 bits per heavy atom. The van der Waals surface area contributed by atoms with E-state index in [1.54, 1.807) is 12.3 Å². The second-order valence-electron chi connectivity index (χ2n) is 7.45. The lowest BCUT2D eigenvalue weighted by molar-refractivity contribution is 0.558. The summed E-state index contributed by atoms with van der Waals surface area (Å²) in [6.45, 7) is 0. The Kier molecular flexibility index (Phi) is 2.76. The predicted molar refractivity (Wildman–Crippen MR) is 98.6 cm³/mol. The van der Waals surface area contributed by atoms with Crippen LogP contribution >= 0.6 is 0 Å². The van der Waals surface area contributed by atoms with Crippen molar-refractivity contribution < 1.29 is 4.39 Å². The van der Waals surface area contributed by atoms with E-state index in [4.69, 9.17) is 4.98 Å². The van der Waals surface area contributed by atoms with Gasteiger partial charge < -0.3 is 10.3 Å². The van der Waals surface area contributed by atoms with Gasteiger partial charge in [-0.25, -0.2) is 14.4 Å². The first kappa shape index (κ1) is 14.2. The third-order valence-corrected chi connectivity index (χ3v) is 5.92. The van der Waals surface area contributed by atoms with Crippen LogP contribution in [0.3, 0.4) is 0 Å². The van der Waals surface area contributed by atoms with Gasteiger partial charge in [0, 0.05) is 23.2 Å². The maximum atomic E-state index is 13.8. The molecule has 4 nitrogen and oxygen atoms in total. The largest absolute Gasteiger partial charge is 0.341 e. The number of imidazole rings is 1. The van der Waals surface area contributed by atoms with Crippen molar-refractivity contribution in [2.45, 2.75) is 18.8 Å². The lowest BCUT2D eigenvalue weighted by Gasteiger charge is -2.15. The second kappa shape index (κ2) is 5.04. The van der Waals surface area contributed by atoms with Gasteiger partial charge in [-0.15, -0.1) is 0 Å². The number of rotatable bonds is 1. The van der Waals surface area contributed by atoms with Crippen LogP contribution in [0.4, 0.5) is 15.9 Å². The van der Waals surface area contributed by atoms with Crippen LogP contribution in [-0.2, 0) is 0 Å². The Bertz CT molecular complexity index is 1070. The van der Waals surface area contributed by atoms with Gasteiger partial charge in [0.1, 0.15) is 17.5 Å². The average Bonchev–Trinajstić information content (AvgIpc) is 3.36. The number of hydrogen-bond acceptors (Lipinski definition) is 3. The van der Waals surface area contributed by atoms with Crippen molar-refractivity contribution in [1.82, 2.24) is 15.0 Å². The van der Waals surface area contributed by atoms with E-state index in [0.29, 0.717) is 23.4 Å². The van der Waals surface area contributed by atoms with E-state index in [1.807, 2.05) is 12.1 Å². The molecule has 0 radical (unpaired) electrons. The van der Waals surface area contributed by atoms with Crippen molar-refractivity contribution in [3.8, 4) is 22.5 Å². The Hall–Kier alpha value is -2.95. The molecule has 3 aromatic rings. The maximum absolute atomic E-state index is 13.8. The fourth-order valence-corrected chi connectivity index (χ4v) is 4.71. The molecule has 1 fully saturated rings. The summed E-state index contributed by atoms with van der Waals surface area (Å²) < 4.78 is 13.8. The SMILES string of the molecule is Fc1ccc2c(c1)Nc1ncccc1-c1[nH]c(C3CC4C=CC3C4)nc1-2. The van der Waals surface area contributed by atoms with Crippen molar-refractivity contribution in [3.63, 3.8) is 0 Å². The van der Waals surface area contributed by atoms with Crippen LogP contribution in [0, 0.1) is 17.7 Å².